The van der Waals surface area contributed by atoms with Crippen LogP contribution in [0.5, 0.6) is 0 Å². The molecule has 14 heteroatoms. The van der Waals surface area contributed by atoms with Crippen LogP contribution in [0.4, 0.5) is 0 Å². The summed E-state index contributed by atoms with van der Waals surface area (Å²) in [7, 11) is 0. The molecule has 176 valence electrons. The van der Waals surface area contributed by atoms with E-state index in [4.69, 9.17) is 27.4 Å². The summed E-state index contributed by atoms with van der Waals surface area (Å²) in [4.78, 5) is 70.0. The van der Waals surface area contributed by atoms with E-state index < -0.39 is 72.6 Å². The monoisotopic (exact) mass is 446 g/mol. The standard InChI is InChI=1S/C17H30N6O8/c1-8(17(30)31)21-16(29)11(7-13(25)26)23-15(28)10(4-2-3-5-18)22-14(27)9(19)6-12(20)24/h8-11H,2-7,18-19H2,1H3,(H2,20,24)(H,21,29)(H,22,27)(H,23,28)(H,25,26)(H,30,31). The van der Waals surface area contributed by atoms with E-state index in [1.165, 1.54) is 0 Å². The lowest BCUT2D eigenvalue weighted by molar-refractivity contribution is -0.143. The smallest absolute Gasteiger partial charge is 0.325 e. The molecule has 0 aromatic rings. The third-order valence-corrected chi connectivity index (χ3v) is 4.08. The molecule has 4 unspecified atom stereocenters. The predicted octanol–water partition coefficient (Wildman–Crippen LogP) is -3.65. The van der Waals surface area contributed by atoms with Crippen LogP contribution in [0.2, 0.25) is 0 Å². The first-order valence-corrected chi connectivity index (χ1v) is 9.48. The number of amides is 4. The molecule has 0 spiro atoms. The predicted molar refractivity (Wildman–Crippen MR) is 106 cm³/mol. The number of aliphatic carboxylic acids is 2. The summed E-state index contributed by atoms with van der Waals surface area (Å²) in [6.45, 7) is 1.48. The Bertz CT molecular complexity index is 686. The van der Waals surface area contributed by atoms with Crippen molar-refractivity contribution in [1.29, 1.82) is 0 Å². The quantitative estimate of drug-likeness (QED) is 0.114. The zero-order valence-electron chi connectivity index (χ0n) is 17.1. The molecule has 4 amide bonds. The largest absolute Gasteiger partial charge is 0.481 e. The van der Waals surface area contributed by atoms with Crippen molar-refractivity contribution >= 4 is 35.6 Å². The molecule has 14 nitrogen and oxygen atoms in total. The summed E-state index contributed by atoms with van der Waals surface area (Å²) in [5, 5.41) is 24.5. The van der Waals surface area contributed by atoms with Gasteiger partial charge in [-0.15, -0.1) is 0 Å². The van der Waals surface area contributed by atoms with E-state index in [2.05, 4.69) is 16.0 Å². The molecular formula is C17H30N6O8. The molecule has 0 heterocycles. The van der Waals surface area contributed by atoms with Gasteiger partial charge in [0.15, 0.2) is 0 Å². The molecule has 0 aliphatic rings. The van der Waals surface area contributed by atoms with E-state index in [-0.39, 0.29) is 6.42 Å². The Balaban J connectivity index is 5.38. The van der Waals surface area contributed by atoms with Crippen LogP contribution >= 0.6 is 0 Å². The highest BCUT2D eigenvalue weighted by Gasteiger charge is 2.30. The van der Waals surface area contributed by atoms with Gasteiger partial charge < -0.3 is 43.4 Å². The van der Waals surface area contributed by atoms with Crippen LogP contribution in [0, 0.1) is 0 Å². The number of unbranched alkanes of at least 4 members (excludes halogenated alkanes) is 1. The van der Waals surface area contributed by atoms with Crippen molar-refractivity contribution in [3.8, 4) is 0 Å². The van der Waals surface area contributed by atoms with Crippen molar-refractivity contribution in [2.75, 3.05) is 6.54 Å². The molecule has 0 aliphatic heterocycles. The van der Waals surface area contributed by atoms with Gasteiger partial charge in [0.05, 0.1) is 18.9 Å². The molecule has 0 radical (unpaired) electrons. The zero-order chi connectivity index (χ0) is 24.1. The highest BCUT2D eigenvalue weighted by Crippen LogP contribution is 2.04. The first-order valence-electron chi connectivity index (χ1n) is 9.48. The van der Waals surface area contributed by atoms with Gasteiger partial charge in [0.25, 0.3) is 0 Å². The van der Waals surface area contributed by atoms with Crippen LogP contribution in [0.1, 0.15) is 39.0 Å². The molecule has 0 bridgehead atoms. The SMILES string of the molecule is CC(NC(=O)C(CC(=O)O)NC(=O)C(CCCCN)NC(=O)C(N)CC(N)=O)C(=O)O. The lowest BCUT2D eigenvalue weighted by Gasteiger charge is -2.24. The first-order chi connectivity index (χ1) is 14.4. The third kappa shape index (κ3) is 11.5. The number of carboxylic acids is 2. The fraction of sp³-hybridized carbons (Fsp3) is 0.647. The minimum absolute atomic E-state index is 0.0883. The molecule has 0 fully saturated rings. The van der Waals surface area contributed by atoms with E-state index in [0.29, 0.717) is 19.4 Å². The van der Waals surface area contributed by atoms with E-state index in [1.54, 1.807) is 0 Å². The topological polar surface area (TPSA) is 257 Å². The molecule has 0 aromatic heterocycles. The van der Waals surface area contributed by atoms with Crippen LogP contribution in [0.3, 0.4) is 0 Å². The molecule has 0 rings (SSSR count). The molecule has 0 saturated heterocycles. The second kappa shape index (κ2) is 13.9. The van der Waals surface area contributed by atoms with Crippen LogP contribution in [-0.2, 0) is 28.8 Å². The second-order valence-corrected chi connectivity index (χ2v) is 6.85. The number of carboxylic acid groups (broad SMARTS) is 2. The van der Waals surface area contributed by atoms with E-state index in [9.17, 15) is 28.8 Å². The Morgan fingerprint density at radius 2 is 1.39 bits per heavy atom. The molecule has 0 aliphatic carbocycles. The van der Waals surface area contributed by atoms with Crippen molar-refractivity contribution in [3.05, 3.63) is 0 Å². The number of nitrogens with two attached hydrogens (primary N) is 3. The average Bonchev–Trinajstić information content (AvgIpc) is 2.65. The van der Waals surface area contributed by atoms with Crippen molar-refractivity contribution in [1.82, 2.24) is 16.0 Å². The highest BCUT2D eigenvalue weighted by molar-refractivity contribution is 5.96. The van der Waals surface area contributed by atoms with Crippen molar-refractivity contribution in [2.45, 2.75) is 63.2 Å². The number of primary amides is 1. The summed E-state index contributed by atoms with van der Waals surface area (Å²) >= 11 is 0. The fourth-order valence-corrected chi connectivity index (χ4v) is 2.38. The number of hydrogen-bond acceptors (Lipinski definition) is 8. The minimum Gasteiger partial charge on any atom is -0.481 e. The number of nitrogens with one attached hydrogen (secondary N) is 3. The Morgan fingerprint density at radius 1 is 0.839 bits per heavy atom. The van der Waals surface area contributed by atoms with Gasteiger partial charge in [-0.3, -0.25) is 28.8 Å². The zero-order valence-corrected chi connectivity index (χ0v) is 17.1. The van der Waals surface area contributed by atoms with Crippen LogP contribution in [-0.4, -0.2) is 76.5 Å². The molecule has 0 saturated carbocycles. The number of hydrogen-bond donors (Lipinski definition) is 8. The Labute approximate surface area is 178 Å². The summed E-state index contributed by atoms with van der Waals surface area (Å²) < 4.78 is 0. The van der Waals surface area contributed by atoms with Gasteiger partial charge in [0.2, 0.25) is 23.6 Å². The van der Waals surface area contributed by atoms with Crippen molar-refractivity contribution < 1.29 is 39.0 Å². The van der Waals surface area contributed by atoms with Gasteiger partial charge >= 0.3 is 11.9 Å². The Morgan fingerprint density at radius 3 is 1.87 bits per heavy atom. The van der Waals surface area contributed by atoms with Crippen LogP contribution in [0.25, 0.3) is 0 Å². The number of rotatable bonds is 15. The van der Waals surface area contributed by atoms with Gasteiger partial charge in [-0.05, 0) is 32.7 Å². The normalized spacial score (nSPS) is 14.4. The average molecular weight is 446 g/mol. The maximum atomic E-state index is 12.7. The summed E-state index contributed by atoms with van der Waals surface area (Å²) in [6, 6.07) is -5.44. The lowest BCUT2D eigenvalue weighted by Crippen LogP contribution is -2.57. The summed E-state index contributed by atoms with van der Waals surface area (Å²) in [6.07, 6.45) is -0.270. The minimum atomic E-state index is -1.60. The summed E-state index contributed by atoms with van der Waals surface area (Å²) in [5.41, 5.74) is 16.0. The van der Waals surface area contributed by atoms with Crippen molar-refractivity contribution in [3.63, 3.8) is 0 Å². The van der Waals surface area contributed by atoms with Crippen LogP contribution in [0.15, 0.2) is 0 Å². The van der Waals surface area contributed by atoms with Gasteiger partial charge in [-0.1, -0.05) is 0 Å². The highest BCUT2D eigenvalue weighted by atomic mass is 16.4. The fourth-order valence-electron chi connectivity index (χ4n) is 2.38. The Hall–Kier alpha value is -3.26. The second-order valence-electron chi connectivity index (χ2n) is 6.85. The Kier molecular flexibility index (Phi) is 12.4. The first kappa shape index (κ1) is 27.7. The van der Waals surface area contributed by atoms with Gasteiger partial charge in [0.1, 0.15) is 18.1 Å². The number of carbonyl (C=O) groups excluding carboxylic acids is 4. The van der Waals surface area contributed by atoms with Crippen LogP contribution < -0.4 is 33.2 Å². The van der Waals surface area contributed by atoms with Crippen molar-refractivity contribution in [2.24, 2.45) is 17.2 Å². The molecular weight excluding hydrogens is 416 g/mol. The molecule has 0 aromatic carbocycles. The van der Waals surface area contributed by atoms with E-state index >= 15 is 0 Å². The maximum Gasteiger partial charge on any atom is 0.325 e. The van der Waals surface area contributed by atoms with Gasteiger partial charge in [-0.2, -0.15) is 0 Å². The van der Waals surface area contributed by atoms with E-state index in [1.807, 2.05) is 0 Å². The molecule has 4 atom stereocenters. The molecule has 31 heavy (non-hydrogen) atoms. The van der Waals surface area contributed by atoms with E-state index in [0.717, 1.165) is 6.92 Å². The molecule has 11 N–H and O–H groups in total. The number of carbonyl (C=O) groups is 6. The summed E-state index contributed by atoms with van der Waals surface area (Å²) in [5.74, 6) is -6.35. The van der Waals surface area contributed by atoms with Gasteiger partial charge in [0, 0.05) is 0 Å². The third-order valence-electron chi connectivity index (χ3n) is 4.08. The van der Waals surface area contributed by atoms with Gasteiger partial charge in [-0.25, -0.2) is 0 Å². The lowest BCUT2D eigenvalue weighted by atomic mass is 10.1. The maximum absolute atomic E-state index is 12.7.